The molecule has 0 spiro atoms. The van der Waals surface area contributed by atoms with E-state index < -0.39 is 0 Å². The molecule has 152 valence electrons. The Morgan fingerprint density at radius 2 is 1.66 bits per heavy atom. The summed E-state index contributed by atoms with van der Waals surface area (Å²) in [6.07, 6.45) is 5.02. The van der Waals surface area contributed by atoms with Crippen molar-refractivity contribution in [1.82, 2.24) is 30.1 Å². The molecule has 0 unspecified atom stereocenters. The van der Waals surface area contributed by atoms with Crippen LogP contribution >= 0.6 is 0 Å². The van der Waals surface area contributed by atoms with Gasteiger partial charge in [-0.2, -0.15) is 5.10 Å². The summed E-state index contributed by atoms with van der Waals surface area (Å²) in [5, 5.41) is 7.78. The predicted molar refractivity (Wildman–Crippen MR) is 124 cm³/mol. The largest absolute Gasteiger partial charge is 0.344 e. The summed E-state index contributed by atoms with van der Waals surface area (Å²) in [6.45, 7) is 0. The molecule has 7 heteroatoms. The Morgan fingerprint density at radius 3 is 2.50 bits per heavy atom. The first-order valence-corrected chi connectivity index (χ1v) is 10.1. The molecule has 6 rings (SSSR count). The Hall–Kier alpha value is -4.65. The molecule has 7 nitrogen and oxygen atoms in total. The Balaban J connectivity index is 1.66. The minimum absolute atomic E-state index is 0.209. The first-order chi connectivity index (χ1) is 15.8. The maximum Gasteiger partial charge on any atom is 0.218 e. The van der Waals surface area contributed by atoms with Crippen molar-refractivity contribution in [2.24, 2.45) is 0 Å². The van der Waals surface area contributed by atoms with Crippen LogP contribution < -0.4 is 5.43 Å². The van der Waals surface area contributed by atoms with Crippen LogP contribution in [0.25, 0.3) is 55.8 Å². The number of aromatic amines is 2. The lowest BCUT2D eigenvalue weighted by molar-refractivity contribution is 1.09. The van der Waals surface area contributed by atoms with Crippen LogP contribution in [0.15, 0.2) is 90.1 Å². The van der Waals surface area contributed by atoms with E-state index in [9.17, 15) is 4.79 Å². The molecule has 0 saturated carbocycles. The lowest BCUT2D eigenvalue weighted by atomic mass is 10.0. The second-order valence-electron chi connectivity index (χ2n) is 7.40. The normalized spacial score (nSPS) is 11.2. The van der Waals surface area contributed by atoms with Crippen LogP contribution in [0.3, 0.4) is 0 Å². The highest BCUT2D eigenvalue weighted by Crippen LogP contribution is 2.31. The van der Waals surface area contributed by atoms with E-state index in [4.69, 9.17) is 9.97 Å². The number of rotatable bonds is 3. The fourth-order valence-corrected chi connectivity index (χ4v) is 3.86. The van der Waals surface area contributed by atoms with Crippen molar-refractivity contribution >= 4 is 22.1 Å². The van der Waals surface area contributed by atoms with E-state index in [1.807, 2.05) is 60.7 Å². The maximum absolute atomic E-state index is 13.3. The SMILES string of the molecule is O=c1c(-c2ccn[nH]2)c[nH]c2nc(-c3ccccc3)c(-c3ccc4ncccc4c3)nc12. The molecule has 4 heterocycles. The Bertz CT molecular complexity index is 1640. The average Bonchev–Trinajstić information content (AvgIpc) is 3.39. The Kier molecular flexibility index (Phi) is 4.11. The van der Waals surface area contributed by atoms with Gasteiger partial charge in [-0.3, -0.25) is 14.9 Å². The minimum Gasteiger partial charge on any atom is -0.344 e. The van der Waals surface area contributed by atoms with Gasteiger partial charge in [0.15, 0.2) is 11.2 Å². The van der Waals surface area contributed by atoms with Gasteiger partial charge in [-0.1, -0.05) is 42.5 Å². The van der Waals surface area contributed by atoms with Gasteiger partial charge in [0.2, 0.25) is 5.43 Å². The van der Waals surface area contributed by atoms with E-state index in [0.717, 1.165) is 22.0 Å². The Morgan fingerprint density at radius 1 is 0.781 bits per heavy atom. The first kappa shape index (κ1) is 18.1. The van der Waals surface area contributed by atoms with Crippen molar-refractivity contribution in [3.05, 3.63) is 95.5 Å². The zero-order valence-electron chi connectivity index (χ0n) is 16.8. The molecule has 0 fully saturated rings. The van der Waals surface area contributed by atoms with Gasteiger partial charge in [-0.05, 0) is 24.3 Å². The van der Waals surface area contributed by atoms with Gasteiger partial charge < -0.3 is 4.98 Å². The fourth-order valence-electron chi connectivity index (χ4n) is 3.86. The molecule has 0 bridgehead atoms. The summed E-state index contributed by atoms with van der Waals surface area (Å²) < 4.78 is 0. The second-order valence-corrected chi connectivity index (χ2v) is 7.40. The molecule has 0 atom stereocenters. The number of nitrogens with one attached hydrogen (secondary N) is 2. The highest BCUT2D eigenvalue weighted by atomic mass is 16.1. The van der Waals surface area contributed by atoms with Crippen LogP contribution in [0.1, 0.15) is 0 Å². The molecule has 0 aliphatic rings. The number of nitrogens with zero attached hydrogens (tertiary/aromatic N) is 4. The van der Waals surface area contributed by atoms with Crippen molar-refractivity contribution in [3.8, 4) is 33.8 Å². The van der Waals surface area contributed by atoms with Crippen molar-refractivity contribution < 1.29 is 0 Å². The van der Waals surface area contributed by atoms with Gasteiger partial charge in [-0.15, -0.1) is 0 Å². The highest BCUT2D eigenvalue weighted by molar-refractivity contribution is 5.90. The van der Waals surface area contributed by atoms with Crippen LogP contribution in [-0.4, -0.2) is 30.1 Å². The second kappa shape index (κ2) is 7.24. The third-order valence-electron chi connectivity index (χ3n) is 5.42. The quantitative estimate of drug-likeness (QED) is 0.439. The van der Waals surface area contributed by atoms with E-state index in [-0.39, 0.29) is 10.9 Å². The van der Waals surface area contributed by atoms with Crippen LogP contribution in [0.5, 0.6) is 0 Å². The molecule has 4 aromatic heterocycles. The molecule has 0 saturated heterocycles. The molecule has 0 amide bonds. The molecule has 2 N–H and O–H groups in total. The van der Waals surface area contributed by atoms with Gasteiger partial charge in [0.25, 0.3) is 0 Å². The molecular formula is C25H16N6O. The van der Waals surface area contributed by atoms with Crippen LogP contribution in [0.4, 0.5) is 0 Å². The van der Waals surface area contributed by atoms with E-state index in [2.05, 4.69) is 20.2 Å². The van der Waals surface area contributed by atoms with Gasteiger partial charge in [-0.25, -0.2) is 9.97 Å². The average molecular weight is 416 g/mol. The predicted octanol–water partition coefficient (Wildman–Crippen LogP) is 4.59. The third kappa shape index (κ3) is 2.95. The number of hydrogen-bond donors (Lipinski definition) is 2. The zero-order valence-corrected chi connectivity index (χ0v) is 16.8. The van der Waals surface area contributed by atoms with Crippen LogP contribution in [-0.2, 0) is 0 Å². The molecular weight excluding hydrogens is 400 g/mol. The minimum atomic E-state index is -0.209. The molecule has 6 aromatic rings. The number of fused-ring (bicyclic) bond motifs is 2. The maximum atomic E-state index is 13.3. The summed E-state index contributed by atoms with van der Waals surface area (Å²) in [5.74, 6) is 0. The third-order valence-corrected chi connectivity index (χ3v) is 5.42. The topological polar surface area (TPSA) is 100 Å². The summed E-state index contributed by atoms with van der Waals surface area (Å²) in [4.78, 5) is 30.5. The molecule has 32 heavy (non-hydrogen) atoms. The Labute approximate surface area is 181 Å². The number of hydrogen-bond acceptors (Lipinski definition) is 5. The molecule has 2 aromatic carbocycles. The van der Waals surface area contributed by atoms with E-state index in [1.165, 1.54) is 0 Å². The monoisotopic (exact) mass is 416 g/mol. The molecule has 0 aliphatic heterocycles. The molecule has 0 aliphatic carbocycles. The van der Waals surface area contributed by atoms with Gasteiger partial charge >= 0.3 is 0 Å². The van der Waals surface area contributed by atoms with Gasteiger partial charge in [0.1, 0.15) is 0 Å². The number of benzene rings is 2. The zero-order chi connectivity index (χ0) is 21.5. The number of aromatic nitrogens is 6. The van der Waals surface area contributed by atoms with Gasteiger partial charge in [0.05, 0.1) is 28.2 Å². The lowest BCUT2D eigenvalue weighted by Crippen LogP contribution is -2.11. The smallest absolute Gasteiger partial charge is 0.218 e. The van der Waals surface area contributed by atoms with E-state index in [1.54, 1.807) is 24.7 Å². The summed E-state index contributed by atoms with van der Waals surface area (Å²) >= 11 is 0. The van der Waals surface area contributed by atoms with Crippen molar-refractivity contribution in [1.29, 1.82) is 0 Å². The lowest BCUT2D eigenvalue weighted by Gasteiger charge is -2.11. The van der Waals surface area contributed by atoms with Crippen molar-refractivity contribution in [3.63, 3.8) is 0 Å². The van der Waals surface area contributed by atoms with Gasteiger partial charge in [0, 0.05) is 35.1 Å². The van der Waals surface area contributed by atoms with Crippen molar-refractivity contribution in [2.45, 2.75) is 0 Å². The first-order valence-electron chi connectivity index (χ1n) is 10.1. The number of H-pyrrole nitrogens is 2. The summed E-state index contributed by atoms with van der Waals surface area (Å²) in [7, 11) is 0. The van der Waals surface area contributed by atoms with Crippen LogP contribution in [0.2, 0.25) is 0 Å². The standard InChI is InChI=1S/C25H16N6O/c32-24-18(20-10-12-28-31-20)14-27-25-23(24)29-22(21(30-25)15-5-2-1-3-6-15)17-8-9-19-16(13-17)7-4-11-26-19/h1-14H,(H,28,31)(H,27,30,32). The van der Waals surface area contributed by atoms with Crippen molar-refractivity contribution in [2.75, 3.05) is 0 Å². The summed E-state index contributed by atoms with van der Waals surface area (Å²) in [5.41, 5.74) is 5.61. The highest BCUT2D eigenvalue weighted by Gasteiger charge is 2.17. The number of pyridine rings is 2. The molecule has 0 radical (unpaired) electrons. The summed E-state index contributed by atoms with van der Waals surface area (Å²) in [6, 6.07) is 21.4. The van der Waals surface area contributed by atoms with Crippen LogP contribution in [0, 0.1) is 0 Å². The van der Waals surface area contributed by atoms with E-state index in [0.29, 0.717) is 28.3 Å². The van der Waals surface area contributed by atoms with E-state index >= 15 is 0 Å². The fraction of sp³-hybridized carbons (Fsp3) is 0.